The summed E-state index contributed by atoms with van der Waals surface area (Å²) in [5.41, 5.74) is 5.25. The fourth-order valence-corrected chi connectivity index (χ4v) is 3.72. The van der Waals surface area contributed by atoms with Crippen molar-refractivity contribution in [2.75, 3.05) is 14.2 Å². The third kappa shape index (κ3) is 4.66. The van der Waals surface area contributed by atoms with Crippen LogP contribution in [0.1, 0.15) is 40.3 Å². The van der Waals surface area contributed by atoms with Gasteiger partial charge in [-0.2, -0.15) is 5.10 Å². The molecule has 3 rings (SSSR count). The Balaban J connectivity index is 1.59. The number of methoxy groups -OCH3 is 1. The highest BCUT2D eigenvalue weighted by atomic mass is 16.5. The quantitative estimate of drug-likeness (QED) is 0.622. The van der Waals surface area contributed by atoms with Crippen molar-refractivity contribution in [2.45, 2.75) is 59.4 Å². The largest absolute Gasteiger partial charge is 0.377 e. The molecule has 7 nitrogen and oxygen atoms in total. The summed E-state index contributed by atoms with van der Waals surface area (Å²) in [6, 6.07) is 4.73. The molecule has 2 aromatic rings. The number of nitrogens with zero attached hydrogens (tertiary/aromatic N) is 4. The van der Waals surface area contributed by atoms with Gasteiger partial charge >= 0.3 is 0 Å². The van der Waals surface area contributed by atoms with E-state index in [9.17, 15) is 0 Å². The summed E-state index contributed by atoms with van der Waals surface area (Å²) < 4.78 is 7.12. The topological polar surface area (TPSA) is 76.4 Å². The normalized spacial score (nSPS) is 16.9. The third-order valence-corrected chi connectivity index (χ3v) is 5.01. The highest BCUT2D eigenvalue weighted by Gasteiger charge is 2.22. The lowest BCUT2D eigenvalue weighted by Gasteiger charge is -2.25. The molecule has 0 amide bonds. The van der Waals surface area contributed by atoms with Gasteiger partial charge in [0.25, 0.3) is 0 Å². The molecule has 1 unspecified atom stereocenters. The van der Waals surface area contributed by atoms with Crippen molar-refractivity contribution < 1.29 is 4.74 Å². The first-order chi connectivity index (χ1) is 13.0. The number of hydrogen-bond donors (Lipinski definition) is 2. The standard InChI is InChI=1S/C20H30N6O/c1-13-8-14(2)17(15(3)9-13)10-22-20(21-4)23-16-6-7-19-24-18(12-27-5)25-26(19)11-16/h8-9,16H,6-7,10-12H2,1-5H3,(H2,21,22,23). The van der Waals surface area contributed by atoms with Gasteiger partial charge in [0.1, 0.15) is 12.4 Å². The Bertz CT molecular complexity index is 803. The molecule has 1 aromatic heterocycles. The lowest BCUT2D eigenvalue weighted by molar-refractivity contribution is 0.177. The Kier molecular flexibility index (Phi) is 6.11. The van der Waals surface area contributed by atoms with Crippen LogP contribution in [0.15, 0.2) is 17.1 Å². The Morgan fingerprint density at radius 1 is 1.30 bits per heavy atom. The Morgan fingerprint density at radius 3 is 2.70 bits per heavy atom. The van der Waals surface area contributed by atoms with Crippen molar-refractivity contribution in [1.29, 1.82) is 0 Å². The van der Waals surface area contributed by atoms with E-state index in [1.807, 2.05) is 11.7 Å². The minimum atomic E-state index is 0.279. The van der Waals surface area contributed by atoms with Crippen LogP contribution in [-0.2, 0) is 30.9 Å². The molecule has 146 valence electrons. The molecule has 0 saturated carbocycles. The Morgan fingerprint density at radius 2 is 2.04 bits per heavy atom. The summed E-state index contributed by atoms with van der Waals surface area (Å²) >= 11 is 0. The summed E-state index contributed by atoms with van der Waals surface area (Å²) in [6.07, 6.45) is 1.91. The number of aliphatic imine (C=N–C) groups is 1. The molecule has 0 bridgehead atoms. The first-order valence-corrected chi connectivity index (χ1v) is 9.45. The number of benzene rings is 1. The van der Waals surface area contributed by atoms with Crippen molar-refractivity contribution >= 4 is 5.96 Å². The molecule has 1 aliphatic heterocycles. The first kappa shape index (κ1) is 19.4. The lowest BCUT2D eigenvalue weighted by atomic mass is 10.00. The minimum Gasteiger partial charge on any atom is -0.377 e. The number of hydrogen-bond acceptors (Lipinski definition) is 4. The smallest absolute Gasteiger partial charge is 0.191 e. The van der Waals surface area contributed by atoms with Crippen LogP contribution in [0.4, 0.5) is 0 Å². The summed E-state index contributed by atoms with van der Waals surface area (Å²) in [6.45, 7) is 8.47. The van der Waals surface area contributed by atoms with Crippen LogP contribution in [0.25, 0.3) is 0 Å². The maximum Gasteiger partial charge on any atom is 0.191 e. The SMILES string of the molecule is CN=C(NCc1c(C)cc(C)cc1C)NC1CCc2nc(COC)nn2C1. The number of nitrogens with one attached hydrogen (secondary N) is 2. The highest BCUT2D eigenvalue weighted by molar-refractivity contribution is 5.80. The van der Waals surface area contributed by atoms with Crippen LogP contribution in [-0.4, -0.2) is 40.9 Å². The summed E-state index contributed by atoms with van der Waals surface area (Å²) in [7, 11) is 3.47. The zero-order valence-electron chi connectivity index (χ0n) is 17.0. The lowest BCUT2D eigenvalue weighted by Crippen LogP contribution is -2.46. The van der Waals surface area contributed by atoms with Crippen LogP contribution in [0.5, 0.6) is 0 Å². The zero-order valence-corrected chi connectivity index (χ0v) is 17.0. The van der Waals surface area contributed by atoms with Gasteiger partial charge in [0.05, 0.1) is 6.54 Å². The van der Waals surface area contributed by atoms with E-state index in [-0.39, 0.29) is 6.04 Å². The second-order valence-corrected chi connectivity index (χ2v) is 7.24. The van der Waals surface area contributed by atoms with E-state index in [4.69, 9.17) is 4.74 Å². The fourth-order valence-electron chi connectivity index (χ4n) is 3.72. The van der Waals surface area contributed by atoms with Crippen LogP contribution in [0, 0.1) is 20.8 Å². The van der Waals surface area contributed by atoms with Crippen molar-refractivity contribution in [2.24, 2.45) is 4.99 Å². The number of guanidine groups is 1. The van der Waals surface area contributed by atoms with Gasteiger partial charge in [0.2, 0.25) is 0 Å². The fraction of sp³-hybridized carbons (Fsp3) is 0.550. The van der Waals surface area contributed by atoms with Gasteiger partial charge in [-0.15, -0.1) is 0 Å². The second-order valence-electron chi connectivity index (χ2n) is 7.24. The number of rotatable bonds is 5. The van der Waals surface area contributed by atoms with Crippen LogP contribution in [0.3, 0.4) is 0 Å². The highest BCUT2D eigenvalue weighted by Crippen LogP contribution is 2.16. The minimum absolute atomic E-state index is 0.279. The predicted molar refractivity (Wildman–Crippen MR) is 107 cm³/mol. The zero-order chi connectivity index (χ0) is 19.4. The molecule has 0 fully saturated rings. The van der Waals surface area contributed by atoms with Crippen LogP contribution in [0.2, 0.25) is 0 Å². The van der Waals surface area contributed by atoms with Gasteiger partial charge in [-0.25, -0.2) is 9.67 Å². The summed E-state index contributed by atoms with van der Waals surface area (Å²) in [5, 5.41) is 11.5. The van der Waals surface area contributed by atoms with Gasteiger partial charge in [-0.1, -0.05) is 17.7 Å². The van der Waals surface area contributed by atoms with E-state index >= 15 is 0 Å². The molecule has 1 aliphatic rings. The Hall–Kier alpha value is -2.41. The number of aromatic nitrogens is 3. The summed E-state index contributed by atoms with van der Waals surface area (Å²) in [5.74, 6) is 2.61. The van der Waals surface area contributed by atoms with Gasteiger partial charge in [-0.3, -0.25) is 4.99 Å². The van der Waals surface area contributed by atoms with Crippen LogP contribution >= 0.6 is 0 Å². The van der Waals surface area contributed by atoms with E-state index in [0.29, 0.717) is 6.61 Å². The Labute approximate surface area is 161 Å². The van der Waals surface area contributed by atoms with Gasteiger partial charge in [0, 0.05) is 33.2 Å². The number of aryl methyl sites for hydroxylation is 4. The molecule has 0 saturated heterocycles. The van der Waals surface area contributed by atoms with E-state index in [1.54, 1.807) is 7.11 Å². The number of ether oxygens (including phenoxy) is 1. The molecule has 2 heterocycles. The van der Waals surface area contributed by atoms with Crippen molar-refractivity contribution in [1.82, 2.24) is 25.4 Å². The average molecular weight is 371 g/mol. The van der Waals surface area contributed by atoms with Crippen LogP contribution < -0.4 is 10.6 Å². The second kappa shape index (κ2) is 8.52. The molecule has 0 aliphatic carbocycles. The first-order valence-electron chi connectivity index (χ1n) is 9.45. The van der Waals surface area contributed by atoms with Gasteiger partial charge in [-0.05, 0) is 43.9 Å². The van der Waals surface area contributed by atoms with Crippen molar-refractivity contribution in [3.05, 3.63) is 46.0 Å². The van der Waals surface area contributed by atoms with Gasteiger partial charge in [0.15, 0.2) is 11.8 Å². The number of fused-ring (bicyclic) bond motifs is 1. The maximum absolute atomic E-state index is 5.13. The molecule has 0 radical (unpaired) electrons. The van der Waals surface area contributed by atoms with Crippen molar-refractivity contribution in [3.63, 3.8) is 0 Å². The maximum atomic E-state index is 5.13. The van der Waals surface area contributed by atoms with Gasteiger partial charge < -0.3 is 15.4 Å². The monoisotopic (exact) mass is 370 g/mol. The molecule has 1 atom stereocenters. The van der Waals surface area contributed by atoms with E-state index in [1.165, 1.54) is 22.3 Å². The molecule has 7 heteroatoms. The molecular formula is C20H30N6O. The molecule has 27 heavy (non-hydrogen) atoms. The van der Waals surface area contributed by atoms with Crippen molar-refractivity contribution in [3.8, 4) is 0 Å². The molecule has 2 N–H and O–H groups in total. The van der Waals surface area contributed by atoms with E-state index < -0.39 is 0 Å². The predicted octanol–water partition coefficient (Wildman–Crippen LogP) is 2.03. The molecule has 1 aromatic carbocycles. The summed E-state index contributed by atoms with van der Waals surface area (Å²) in [4.78, 5) is 8.92. The average Bonchev–Trinajstić information content (AvgIpc) is 3.01. The third-order valence-electron chi connectivity index (χ3n) is 5.01. The van der Waals surface area contributed by atoms with E-state index in [0.717, 1.165) is 43.5 Å². The molecular weight excluding hydrogens is 340 g/mol. The molecule has 0 spiro atoms. The van der Waals surface area contributed by atoms with E-state index in [2.05, 4.69) is 58.6 Å².